The molecule has 0 saturated carbocycles. The second-order valence-electron chi connectivity index (χ2n) is 9.71. The molecule has 3 aromatic carbocycles. The van der Waals surface area contributed by atoms with E-state index in [2.05, 4.69) is 19.9 Å². The van der Waals surface area contributed by atoms with Crippen LogP contribution in [0.15, 0.2) is 102 Å². The van der Waals surface area contributed by atoms with E-state index in [-0.39, 0.29) is 22.7 Å². The molecule has 0 aliphatic carbocycles. The van der Waals surface area contributed by atoms with E-state index in [0.717, 1.165) is 11.1 Å². The number of allylic oxidation sites excluding steroid dienone is 1. The molecule has 1 atom stereocenters. The first kappa shape index (κ1) is 28.0. The third kappa shape index (κ3) is 4.78. The molecule has 40 heavy (non-hydrogen) atoms. The van der Waals surface area contributed by atoms with Gasteiger partial charge in [0.2, 0.25) is 0 Å². The van der Waals surface area contributed by atoms with Crippen LogP contribution in [0.2, 0.25) is 0 Å². The molecule has 8 heteroatoms. The van der Waals surface area contributed by atoms with Crippen LogP contribution in [0.25, 0.3) is 0 Å². The highest BCUT2D eigenvalue weighted by molar-refractivity contribution is 6.06. The standard InChI is InChI=1S/C32H31N3O5/c1-32(2,21-14-10-7-11-15-21)22-16-17-25(38-3)24(18-22)35-28(31(37)40-5)27(30(36)39-4)26(23(19-33)29(35)34)20-12-8-6-9-13-20/h6-18,26H,34H2,1-5H3. The van der Waals surface area contributed by atoms with E-state index in [1.807, 2.05) is 48.5 Å². The van der Waals surface area contributed by atoms with Gasteiger partial charge in [-0.2, -0.15) is 5.26 Å². The van der Waals surface area contributed by atoms with Crippen LogP contribution in [0.4, 0.5) is 5.69 Å². The summed E-state index contributed by atoms with van der Waals surface area (Å²) in [7, 11) is 3.92. The van der Waals surface area contributed by atoms with Gasteiger partial charge in [-0.3, -0.25) is 4.90 Å². The van der Waals surface area contributed by atoms with Crippen LogP contribution < -0.4 is 15.4 Å². The number of hydrogen-bond acceptors (Lipinski definition) is 8. The Morgan fingerprint density at radius 1 is 0.875 bits per heavy atom. The number of nitriles is 1. The van der Waals surface area contributed by atoms with Gasteiger partial charge in [0.05, 0.1) is 50.2 Å². The molecular weight excluding hydrogens is 506 g/mol. The Morgan fingerprint density at radius 3 is 2.02 bits per heavy atom. The minimum Gasteiger partial charge on any atom is -0.495 e. The van der Waals surface area contributed by atoms with Crippen molar-refractivity contribution in [2.75, 3.05) is 26.2 Å². The smallest absolute Gasteiger partial charge is 0.355 e. The summed E-state index contributed by atoms with van der Waals surface area (Å²) in [5, 5.41) is 10.3. The lowest BCUT2D eigenvalue weighted by Crippen LogP contribution is -2.41. The van der Waals surface area contributed by atoms with Gasteiger partial charge in [-0.15, -0.1) is 0 Å². The van der Waals surface area contributed by atoms with Crippen LogP contribution >= 0.6 is 0 Å². The quantitative estimate of drug-likeness (QED) is 0.423. The zero-order valence-electron chi connectivity index (χ0n) is 23.1. The fraction of sp³-hybridized carbons (Fsp3) is 0.219. The molecule has 0 spiro atoms. The lowest BCUT2D eigenvalue weighted by Gasteiger charge is -2.37. The number of ether oxygens (including phenoxy) is 3. The maximum absolute atomic E-state index is 13.5. The number of hydrogen-bond donors (Lipinski definition) is 1. The summed E-state index contributed by atoms with van der Waals surface area (Å²) in [5.41, 5.74) is 9.00. The molecule has 0 radical (unpaired) electrons. The number of carbonyl (C=O) groups is 2. The summed E-state index contributed by atoms with van der Waals surface area (Å²) in [5.74, 6) is -2.23. The molecular formula is C32H31N3O5. The molecule has 8 nitrogen and oxygen atoms in total. The first-order chi connectivity index (χ1) is 19.2. The SMILES string of the molecule is COC(=O)C1=C(C(=O)OC)N(c2cc(C(C)(C)c3ccccc3)ccc2OC)C(N)=C(C#N)C1c1ccccc1. The lowest BCUT2D eigenvalue weighted by molar-refractivity contribution is -0.139. The van der Waals surface area contributed by atoms with E-state index in [9.17, 15) is 14.9 Å². The molecule has 1 aliphatic rings. The number of methoxy groups -OCH3 is 3. The maximum atomic E-state index is 13.5. The van der Waals surface area contributed by atoms with E-state index in [1.54, 1.807) is 30.3 Å². The van der Waals surface area contributed by atoms with Gasteiger partial charge in [0.15, 0.2) is 0 Å². The summed E-state index contributed by atoms with van der Waals surface area (Å²) >= 11 is 0. The molecule has 0 aromatic heterocycles. The first-order valence-corrected chi connectivity index (χ1v) is 12.6. The van der Waals surface area contributed by atoms with E-state index >= 15 is 0 Å². The van der Waals surface area contributed by atoms with Gasteiger partial charge in [0, 0.05) is 5.41 Å². The van der Waals surface area contributed by atoms with Gasteiger partial charge in [-0.05, 0) is 28.8 Å². The monoisotopic (exact) mass is 537 g/mol. The van der Waals surface area contributed by atoms with Gasteiger partial charge in [-0.25, -0.2) is 9.59 Å². The Kier molecular flexibility index (Phi) is 7.96. The van der Waals surface area contributed by atoms with Gasteiger partial charge in [-0.1, -0.05) is 80.6 Å². The third-order valence-electron chi connectivity index (χ3n) is 7.25. The van der Waals surface area contributed by atoms with Gasteiger partial charge in [0.25, 0.3) is 0 Å². The van der Waals surface area contributed by atoms with Crippen molar-refractivity contribution in [1.29, 1.82) is 5.26 Å². The minimum atomic E-state index is -0.959. The fourth-order valence-electron chi connectivity index (χ4n) is 5.04. The highest BCUT2D eigenvalue weighted by Crippen LogP contribution is 2.46. The van der Waals surface area contributed by atoms with Crippen LogP contribution in [-0.4, -0.2) is 33.3 Å². The zero-order valence-corrected chi connectivity index (χ0v) is 23.1. The van der Waals surface area contributed by atoms with Crippen LogP contribution in [0.1, 0.15) is 36.5 Å². The summed E-state index contributed by atoms with van der Waals surface area (Å²) in [6, 6.07) is 26.5. The number of nitrogens with two attached hydrogens (primary N) is 1. The molecule has 204 valence electrons. The predicted octanol–water partition coefficient (Wildman–Crippen LogP) is 4.92. The number of carbonyl (C=O) groups excluding carboxylic acids is 2. The summed E-state index contributed by atoms with van der Waals surface area (Å²) in [6.45, 7) is 4.15. The lowest BCUT2D eigenvalue weighted by atomic mass is 9.77. The van der Waals surface area contributed by atoms with Crippen LogP contribution in [0.5, 0.6) is 5.75 Å². The second-order valence-corrected chi connectivity index (χ2v) is 9.71. The van der Waals surface area contributed by atoms with Gasteiger partial charge < -0.3 is 19.9 Å². The second kappa shape index (κ2) is 11.4. The number of nitrogens with zero attached hydrogens (tertiary/aromatic N) is 2. The summed E-state index contributed by atoms with van der Waals surface area (Å²) < 4.78 is 16.0. The molecule has 1 heterocycles. The van der Waals surface area contributed by atoms with E-state index < -0.39 is 23.3 Å². The van der Waals surface area contributed by atoms with E-state index in [1.165, 1.54) is 26.2 Å². The number of benzene rings is 3. The Bertz CT molecular complexity index is 1540. The van der Waals surface area contributed by atoms with Crippen molar-refractivity contribution in [1.82, 2.24) is 0 Å². The fourth-order valence-corrected chi connectivity index (χ4v) is 5.04. The predicted molar refractivity (Wildman–Crippen MR) is 151 cm³/mol. The maximum Gasteiger partial charge on any atom is 0.355 e. The number of rotatable bonds is 7. The van der Waals surface area contributed by atoms with Crippen molar-refractivity contribution in [2.24, 2.45) is 5.73 Å². The molecule has 0 saturated heterocycles. The van der Waals surface area contributed by atoms with Crippen LogP contribution in [0.3, 0.4) is 0 Å². The Labute approximate surface area is 233 Å². The van der Waals surface area contributed by atoms with Crippen molar-refractivity contribution in [3.63, 3.8) is 0 Å². The summed E-state index contributed by atoms with van der Waals surface area (Å²) in [4.78, 5) is 28.2. The molecule has 0 bridgehead atoms. The molecule has 3 aromatic rings. The van der Waals surface area contributed by atoms with E-state index in [0.29, 0.717) is 17.0 Å². The average Bonchev–Trinajstić information content (AvgIpc) is 3.00. The van der Waals surface area contributed by atoms with Crippen LogP contribution in [-0.2, 0) is 24.5 Å². The molecule has 2 N–H and O–H groups in total. The highest BCUT2D eigenvalue weighted by Gasteiger charge is 2.44. The van der Waals surface area contributed by atoms with Crippen molar-refractivity contribution < 1.29 is 23.8 Å². The average molecular weight is 538 g/mol. The number of esters is 2. The largest absolute Gasteiger partial charge is 0.495 e. The topological polar surface area (TPSA) is 115 Å². The van der Waals surface area contributed by atoms with Gasteiger partial charge >= 0.3 is 11.9 Å². The highest BCUT2D eigenvalue weighted by atomic mass is 16.5. The number of anilines is 1. The van der Waals surface area contributed by atoms with E-state index in [4.69, 9.17) is 19.9 Å². The first-order valence-electron chi connectivity index (χ1n) is 12.6. The van der Waals surface area contributed by atoms with Crippen molar-refractivity contribution in [3.8, 4) is 11.8 Å². The third-order valence-corrected chi connectivity index (χ3v) is 7.25. The Morgan fingerprint density at radius 2 is 1.48 bits per heavy atom. The van der Waals surface area contributed by atoms with Gasteiger partial charge in [0.1, 0.15) is 17.3 Å². The minimum absolute atomic E-state index is 0.0302. The Balaban J connectivity index is 2.07. The normalized spacial score (nSPS) is 15.4. The van der Waals surface area contributed by atoms with Crippen molar-refractivity contribution in [3.05, 3.63) is 118 Å². The Hall–Kier alpha value is -5.03. The molecule has 1 unspecified atom stereocenters. The van der Waals surface area contributed by atoms with Crippen molar-refractivity contribution in [2.45, 2.75) is 25.2 Å². The molecule has 4 rings (SSSR count). The summed E-state index contributed by atoms with van der Waals surface area (Å²) in [6.07, 6.45) is 0. The zero-order chi connectivity index (χ0) is 29.0. The van der Waals surface area contributed by atoms with Crippen molar-refractivity contribution >= 4 is 17.6 Å². The molecule has 0 fully saturated rings. The molecule has 1 aliphatic heterocycles. The molecule has 0 amide bonds. The van der Waals surface area contributed by atoms with Crippen LogP contribution in [0, 0.1) is 11.3 Å².